The molecule has 0 aliphatic carbocycles. The molecule has 9 heteroatoms. The van der Waals surface area contributed by atoms with Crippen LogP contribution in [0.4, 0.5) is 16.2 Å². The summed E-state index contributed by atoms with van der Waals surface area (Å²) >= 11 is 0. The fourth-order valence-electron chi connectivity index (χ4n) is 3.58. The summed E-state index contributed by atoms with van der Waals surface area (Å²) < 4.78 is 12.5. The Bertz CT molecular complexity index is 1450. The molecule has 0 aliphatic rings. The van der Waals surface area contributed by atoms with Crippen LogP contribution in [0.1, 0.15) is 11.1 Å². The van der Waals surface area contributed by atoms with E-state index in [1.54, 1.807) is 37.7 Å². The summed E-state index contributed by atoms with van der Waals surface area (Å²) in [4.78, 5) is 21.1. The maximum atomic E-state index is 12.3. The zero-order valence-corrected chi connectivity index (χ0v) is 19.8. The van der Waals surface area contributed by atoms with Gasteiger partial charge >= 0.3 is 6.03 Å². The predicted octanol–water partition coefficient (Wildman–Crippen LogP) is 5.61. The second-order valence-corrected chi connectivity index (χ2v) is 8.22. The van der Waals surface area contributed by atoms with Gasteiger partial charge in [-0.2, -0.15) is 4.98 Å². The number of imidazole rings is 1. The van der Waals surface area contributed by atoms with Crippen molar-refractivity contribution in [1.29, 1.82) is 0 Å². The predicted molar refractivity (Wildman–Crippen MR) is 137 cm³/mol. The van der Waals surface area contributed by atoms with Crippen LogP contribution in [-0.2, 0) is 6.54 Å². The first-order valence-electron chi connectivity index (χ1n) is 11.3. The van der Waals surface area contributed by atoms with Gasteiger partial charge in [0.2, 0.25) is 5.82 Å². The first kappa shape index (κ1) is 22.9. The van der Waals surface area contributed by atoms with E-state index in [1.165, 1.54) is 5.56 Å². The molecule has 2 amide bonds. The standard InChI is InChI=1S/C27H24N6O3/c1-18-3-7-20(8-4-18)25-31-26(36-32-25)24-16-33(17-28-24)15-19-5-9-21(10-6-19)29-27(34)30-22-11-13-23(35-2)14-12-22/h3-14,16-17H,15H2,1-2H3,(H2,29,30,34). The molecule has 0 aliphatic heterocycles. The van der Waals surface area contributed by atoms with Gasteiger partial charge in [0.25, 0.3) is 5.89 Å². The van der Waals surface area contributed by atoms with Crippen LogP contribution in [0.25, 0.3) is 23.0 Å². The van der Waals surface area contributed by atoms with Crippen molar-refractivity contribution < 1.29 is 14.1 Å². The van der Waals surface area contributed by atoms with Crippen LogP contribution in [-0.4, -0.2) is 32.8 Å². The Morgan fingerprint density at radius 2 is 1.61 bits per heavy atom. The molecular formula is C27H24N6O3. The number of carbonyl (C=O) groups is 1. The third-order valence-electron chi connectivity index (χ3n) is 5.51. The molecule has 0 unspecified atom stereocenters. The van der Waals surface area contributed by atoms with Gasteiger partial charge in [-0.15, -0.1) is 0 Å². The number of nitrogens with zero attached hydrogens (tertiary/aromatic N) is 4. The number of aryl methyl sites for hydroxylation is 1. The summed E-state index contributed by atoms with van der Waals surface area (Å²) in [6.45, 7) is 2.63. The number of carbonyl (C=O) groups excluding carboxylic acids is 1. The highest BCUT2D eigenvalue weighted by Crippen LogP contribution is 2.22. The highest BCUT2D eigenvalue weighted by atomic mass is 16.5. The number of amides is 2. The van der Waals surface area contributed by atoms with E-state index in [0.717, 1.165) is 16.9 Å². The molecule has 0 atom stereocenters. The van der Waals surface area contributed by atoms with E-state index in [2.05, 4.69) is 25.8 Å². The maximum absolute atomic E-state index is 12.3. The Hall–Kier alpha value is -4.92. The van der Waals surface area contributed by atoms with Gasteiger partial charge in [-0.05, 0) is 48.9 Å². The van der Waals surface area contributed by atoms with Gasteiger partial charge in [-0.3, -0.25) is 0 Å². The van der Waals surface area contributed by atoms with Crippen LogP contribution in [0, 0.1) is 6.92 Å². The van der Waals surface area contributed by atoms with Crippen LogP contribution < -0.4 is 15.4 Å². The molecule has 180 valence electrons. The van der Waals surface area contributed by atoms with Crippen molar-refractivity contribution in [3.8, 4) is 28.7 Å². The molecular weight excluding hydrogens is 456 g/mol. The van der Waals surface area contributed by atoms with E-state index in [1.807, 2.05) is 66.2 Å². The number of rotatable bonds is 7. The van der Waals surface area contributed by atoms with Gasteiger partial charge < -0.3 is 24.5 Å². The normalized spacial score (nSPS) is 10.7. The second-order valence-electron chi connectivity index (χ2n) is 8.22. The molecule has 5 aromatic rings. The minimum absolute atomic E-state index is 0.322. The third kappa shape index (κ3) is 5.41. The smallest absolute Gasteiger partial charge is 0.323 e. The fraction of sp³-hybridized carbons (Fsp3) is 0.111. The Morgan fingerprint density at radius 1 is 0.944 bits per heavy atom. The molecule has 9 nitrogen and oxygen atoms in total. The summed E-state index contributed by atoms with van der Waals surface area (Å²) in [6.07, 6.45) is 3.58. The minimum atomic E-state index is -0.322. The lowest BCUT2D eigenvalue weighted by molar-refractivity contribution is 0.262. The Balaban J connectivity index is 1.18. The molecule has 36 heavy (non-hydrogen) atoms. The summed E-state index contributed by atoms with van der Waals surface area (Å²) in [7, 11) is 1.60. The van der Waals surface area contributed by atoms with E-state index in [9.17, 15) is 4.79 Å². The molecule has 5 rings (SSSR count). The molecule has 0 saturated heterocycles. The largest absolute Gasteiger partial charge is 0.497 e. The van der Waals surface area contributed by atoms with Gasteiger partial charge in [-0.25, -0.2) is 9.78 Å². The number of urea groups is 1. The number of aromatic nitrogens is 4. The monoisotopic (exact) mass is 480 g/mol. The average molecular weight is 481 g/mol. The van der Waals surface area contributed by atoms with Crippen molar-refractivity contribution in [1.82, 2.24) is 19.7 Å². The summed E-state index contributed by atoms with van der Waals surface area (Å²) in [5.74, 6) is 1.62. The van der Waals surface area contributed by atoms with Gasteiger partial charge in [-0.1, -0.05) is 47.1 Å². The quantitative estimate of drug-likeness (QED) is 0.314. The van der Waals surface area contributed by atoms with Gasteiger partial charge in [0.1, 0.15) is 11.4 Å². The highest BCUT2D eigenvalue weighted by Gasteiger charge is 2.13. The lowest BCUT2D eigenvalue weighted by Crippen LogP contribution is -2.19. The van der Waals surface area contributed by atoms with Crippen LogP contribution in [0.15, 0.2) is 89.8 Å². The van der Waals surface area contributed by atoms with Crippen LogP contribution >= 0.6 is 0 Å². The van der Waals surface area contributed by atoms with Crippen LogP contribution in [0.3, 0.4) is 0 Å². The molecule has 2 aromatic heterocycles. The fourth-order valence-corrected chi connectivity index (χ4v) is 3.58. The van der Waals surface area contributed by atoms with E-state index < -0.39 is 0 Å². The molecule has 0 radical (unpaired) electrons. The van der Waals surface area contributed by atoms with E-state index in [4.69, 9.17) is 9.26 Å². The molecule has 3 aromatic carbocycles. The summed E-state index contributed by atoms with van der Waals surface area (Å²) in [5, 5.41) is 9.69. The summed E-state index contributed by atoms with van der Waals surface area (Å²) in [6, 6.07) is 22.3. The van der Waals surface area contributed by atoms with Gasteiger partial charge in [0, 0.05) is 29.7 Å². The van der Waals surface area contributed by atoms with Crippen molar-refractivity contribution in [3.63, 3.8) is 0 Å². The molecule has 0 fully saturated rings. The van der Waals surface area contributed by atoms with Crippen molar-refractivity contribution >= 4 is 17.4 Å². The zero-order valence-electron chi connectivity index (χ0n) is 19.8. The number of hydrogen-bond acceptors (Lipinski definition) is 6. The molecule has 0 bridgehead atoms. The van der Waals surface area contributed by atoms with E-state index >= 15 is 0 Å². The lowest BCUT2D eigenvalue weighted by Gasteiger charge is -2.09. The number of hydrogen-bond donors (Lipinski definition) is 2. The minimum Gasteiger partial charge on any atom is -0.497 e. The van der Waals surface area contributed by atoms with E-state index in [-0.39, 0.29) is 6.03 Å². The molecule has 2 N–H and O–H groups in total. The number of benzene rings is 3. The molecule has 2 heterocycles. The van der Waals surface area contributed by atoms with Crippen molar-refractivity contribution in [3.05, 3.63) is 96.4 Å². The first-order valence-corrected chi connectivity index (χ1v) is 11.3. The number of ether oxygens (including phenoxy) is 1. The Kier molecular flexibility index (Phi) is 6.44. The van der Waals surface area contributed by atoms with Gasteiger partial charge in [0.15, 0.2) is 0 Å². The second kappa shape index (κ2) is 10.1. The Labute approximate surface area is 207 Å². The zero-order chi connectivity index (χ0) is 24.9. The van der Waals surface area contributed by atoms with E-state index in [0.29, 0.717) is 35.3 Å². The average Bonchev–Trinajstić information content (AvgIpc) is 3.56. The number of methoxy groups -OCH3 is 1. The summed E-state index contributed by atoms with van der Waals surface area (Å²) in [5.41, 5.74) is 5.07. The SMILES string of the molecule is COc1ccc(NC(=O)Nc2ccc(Cn3cnc(-c4nc(-c5ccc(C)cc5)no4)c3)cc2)cc1. The first-order chi connectivity index (χ1) is 17.6. The van der Waals surface area contributed by atoms with Crippen molar-refractivity contribution in [2.24, 2.45) is 0 Å². The lowest BCUT2D eigenvalue weighted by atomic mass is 10.1. The number of anilines is 2. The third-order valence-corrected chi connectivity index (χ3v) is 5.51. The van der Waals surface area contributed by atoms with Crippen LogP contribution in [0.2, 0.25) is 0 Å². The van der Waals surface area contributed by atoms with Gasteiger partial charge in [0.05, 0.1) is 13.4 Å². The molecule has 0 saturated carbocycles. The Morgan fingerprint density at radius 3 is 2.28 bits per heavy atom. The van der Waals surface area contributed by atoms with Crippen molar-refractivity contribution in [2.45, 2.75) is 13.5 Å². The maximum Gasteiger partial charge on any atom is 0.323 e. The number of nitrogens with one attached hydrogen (secondary N) is 2. The highest BCUT2D eigenvalue weighted by molar-refractivity contribution is 5.99. The molecule has 0 spiro atoms. The van der Waals surface area contributed by atoms with Crippen molar-refractivity contribution in [2.75, 3.05) is 17.7 Å². The van der Waals surface area contributed by atoms with Crippen LogP contribution in [0.5, 0.6) is 5.75 Å². The topological polar surface area (TPSA) is 107 Å².